The van der Waals surface area contributed by atoms with E-state index in [9.17, 15) is 0 Å². The van der Waals surface area contributed by atoms with Crippen LogP contribution in [0.2, 0.25) is 0 Å². The smallest absolute Gasteiger partial charge is 0.00254 e. The normalized spacial score (nSPS) is 11.5. The van der Waals surface area contributed by atoms with Crippen molar-refractivity contribution in [3.63, 3.8) is 0 Å². The lowest BCUT2D eigenvalue weighted by molar-refractivity contribution is 0.854. The van der Waals surface area contributed by atoms with Gasteiger partial charge in [-0.05, 0) is 64.5 Å². The highest BCUT2D eigenvalue weighted by atomic mass is 14.1. The van der Waals surface area contributed by atoms with Crippen LogP contribution in [0.5, 0.6) is 0 Å². The minimum absolute atomic E-state index is 0.591. The predicted octanol–water partition coefficient (Wildman–Crippen LogP) is 6.65. The van der Waals surface area contributed by atoms with Crippen LogP contribution in [0.25, 0.3) is 0 Å². The van der Waals surface area contributed by atoms with E-state index in [4.69, 9.17) is 0 Å². The average Bonchev–Trinajstić information content (AvgIpc) is 2.53. The molecule has 0 atom stereocenters. The zero-order valence-corrected chi connectivity index (χ0v) is 15.7. The third kappa shape index (κ3) is 4.70. The summed E-state index contributed by atoms with van der Waals surface area (Å²) in [6.07, 6.45) is 3.26. The first kappa shape index (κ1) is 17.8. The highest BCUT2D eigenvalue weighted by molar-refractivity contribution is 5.38. The Morgan fingerprint density at radius 3 is 1.22 bits per heavy atom. The molecule has 0 aromatic heterocycles. The zero-order valence-electron chi connectivity index (χ0n) is 15.7. The Balaban J connectivity index is 2.38. The topological polar surface area (TPSA) is 0 Å². The van der Waals surface area contributed by atoms with Crippen molar-refractivity contribution >= 4 is 0 Å². The lowest BCUT2D eigenvalue weighted by Gasteiger charge is -2.14. The van der Waals surface area contributed by atoms with Gasteiger partial charge in [0.15, 0.2) is 0 Å². The summed E-state index contributed by atoms with van der Waals surface area (Å²) in [5.74, 6) is 1.18. The molecular weight excluding hydrogens is 276 g/mol. The third-order valence-electron chi connectivity index (χ3n) is 4.71. The molecule has 23 heavy (non-hydrogen) atoms. The first-order chi connectivity index (χ1) is 10.9. The van der Waals surface area contributed by atoms with E-state index >= 15 is 0 Å². The Kier molecular flexibility index (Phi) is 6.04. The van der Waals surface area contributed by atoms with Gasteiger partial charge in [0, 0.05) is 0 Å². The highest BCUT2D eigenvalue weighted by Crippen LogP contribution is 2.24. The van der Waals surface area contributed by atoms with Crippen molar-refractivity contribution in [3.05, 3.63) is 69.8 Å². The second kappa shape index (κ2) is 7.81. The van der Waals surface area contributed by atoms with Crippen LogP contribution in [0, 0.1) is 0 Å². The van der Waals surface area contributed by atoms with Crippen molar-refractivity contribution in [1.82, 2.24) is 0 Å². The lowest BCUT2D eigenvalue weighted by Crippen LogP contribution is -1.99. The summed E-state index contributed by atoms with van der Waals surface area (Å²) in [6, 6.07) is 14.3. The van der Waals surface area contributed by atoms with Gasteiger partial charge in [-0.2, -0.15) is 0 Å². The Morgan fingerprint density at radius 1 is 0.565 bits per heavy atom. The predicted molar refractivity (Wildman–Crippen MR) is 103 cm³/mol. The molecule has 2 rings (SSSR count). The molecular formula is C23H32. The van der Waals surface area contributed by atoms with Crippen LogP contribution < -0.4 is 0 Å². The van der Waals surface area contributed by atoms with Crippen LogP contribution in [0.4, 0.5) is 0 Å². The van der Waals surface area contributed by atoms with Crippen LogP contribution in [0.3, 0.4) is 0 Å². The molecule has 0 heteroatoms. The number of benzene rings is 2. The van der Waals surface area contributed by atoms with Crippen molar-refractivity contribution in [2.45, 2.75) is 72.6 Å². The molecule has 2 aromatic rings. The molecule has 0 nitrogen and oxygen atoms in total. The van der Waals surface area contributed by atoms with Crippen LogP contribution in [0.15, 0.2) is 36.4 Å². The molecule has 0 bridgehead atoms. The fourth-order valence-electron chi connectivity index (χ4n) is 3.10. The molecule has 0 amide bonds. The van der Waals surface area contributed by atoms with Gasteiger partial charge in [-0.3, -0.25) is 0 Å². The maximum absolute atomic E-state index is 2.40. The van der Waals surface area contributed by atoms with Gasteiger partial charge in [-0.25, -0.2) is 0 Å². The van der Waals surface area contributed by atoms with Gasteiger partial charge >= 0.3 is 0 Å². The van der Waals surface area contributed by atoms with E-state index in [0.29, 0.717) is 11.8 Å². The molecule has 0 N–H and O–H groups in total. The quantitative estimate of drug-likeness (QED) is 0.560. The minimum Gasteiger partial charge on any atom is -0.0613 e. The fourth-order valence-corrected chi connectivity index (χ4v) is 3.10. The fraction of sp³-hybridized carbons (Fsp3) is 0.478. The molecule has 0 radical (unpaired) electrons. The molecule has 124 valence electrons. The van der Waals surface area contributed by atoms with Gasteiger partial charge in [-0.15, -0.1) is 0 Å². The molecule has 0 aliphatic heterocycles. The standard InChI is InChI=1S/C23H32/c1-7-18-9-20(14-22(12-18)16(3)4)11-21-10-19(8-2)13-23(15-21)17(5)6/h9-10,12-17H,7-8,11H2,1-6H3. The molecule has 2 aromatic carbocycles. The zero-order chi connectivity index (χ0) is 17.0. The van der Waals surface area contributed by atoms with Gasteiger partial charge < -0.3 is 0 Å². The molecule has 0 unspecified atom stereocenters. The lowest BCUT2D eigenvalue weighted by atomic mass is 9.91. The number of hydrogen-bond acceptors (Lipinski definition) is 0. The highest BCUT2D eigenvalue weighted by Gasteiger charge is 2.08. The van der Waals surface area contributed by atoms with Gasteiger partial charge in [-0.1, -0.05) is 77.9 Å². The van der Waals surface area contributed by atoms with E-state index in [-0.39, 0.29) is 0 Å². The largest absolute Gasteiger partial charge is 0.0613 e. The Labute approximate surface area is 143 Å². The van der Waals surface area contributed by atoms with E-state index in [1.54, 1.807) is 0 Å². The van der Waals surface area contributed by atoms with Gasteiger partial charge in [0.25, 0.3) is 0 Å². The van der Waals surface area contributed by atoms with Crippen molar-refractivity contribution in [2.75, 3.05) is 0 Å². The number of aryl methyl sites for hydroxylation is 2. The van der Waals surface area contributed by atoms with Crippen molar-refractivity contribution in [3.8, 4) is 0 Å². The van der Waals surface area contributed by atoms with Crippen LogP contribution in [0.1, 0.15) is 86.8 Å². The van der Waals surface area contributed by atoms with E-state index in [1.165, 1.54) is 33.4 Å². The maximum Gasteiger partial charge on any atom is -0.00254 e. The first-order valence-electron chi connectivity index (χ1n) is 9.18. The van der Waals surface area contributed by atoms with E-state index in [1.807, 2.05) is 0 Å². The summed E-state index contributed by atoms with van der Waals surface area (Å²) >= 11 is 0. The summed E-state index contributed by atoms with van der Waals surface area (Å²) < 4.78 is 0. The summed E-state index contributed by atoms with van der Waals surface area (Å²) in [6.45, 7) is 13.6. The molecule has 0 fully saturated rings. The number of rotatable bonds is 6. The monoisotopic (exact) mass is 308 g/mol. The maximum atomic E-state index is 2.40. The molecule has 0 aliphatic rings. The average molecular weight is 309 g/mol. The molecule has 0 heterocycles. The second-order valence-electron chi connectivity index (χ2n) is 7.36. The second-order valence-corrected chi connectivity index (χ2v) is 7.36. The molecule has 0 aliphatic carbocycles. The molecule has 0 saturated carbocycles. The first-order valence-corrected chi connectivity index (χ1v) is 9.18. The van der Waals surface area contributed by atoms with Crippen molar-refractivity contribution in [1.29, 1.82) is 0 Å². The third-order valence-corrected chi connectivity index (χ3v) is 4.71. The van der Waals surface area contributed by atoms with Crippen LogP contribution in [-0.2, 0) is 19.3 Å². The summed E-state index contributed by atoms with van der Waals surface area (Å²) in [4.78, 5) is 0. The van der Waals surface area contributed by atoms with Gasteiger partial charge in [0.2, 0.25) is 0 Å². The Hall–Kier alpha value is -1.56. The van der Waals surface area contributed by atoms with E-state index in [2.05, 4.69) is 77.9 Å². The van der Waals surface area contributed by atoms with Crippen LogP contribution in [-0.4, -0.2) is 0 Å². The summed E-state index contributed by atoms with van der Waals surface area (Å²) in [5.41, 5.74) is 8.76. The Morgan fingerprint density at radius 2 is 0.913 bits per heavy atom. The summed E-state index contributed by atoms with van der Waals surface area (Å²) in [5, 5.41) is 0. The Bertz CT molecular complexity index is 590. The molecule has 0 spiro atoms. The van der Waals surface area contributed by atoms with Crippen molar-refractivity contribution in [2.24, 2.45) is 0 Å². The van der Waals surface area contributed by atoms with Crippen LogP contribution >= 0.6 is 0 Å². The molecule has 0 saturated heterocycles. The van der Waals surface area contributed by atoms with E-state index < -0.39 is 0 Å². The number of hydrogen-bond donors (Lipinski definition) is 0. The SMILES string of the molecule is CCc1cc(Cc2cc(CC)cc(C(C)C)c2)cc(C(C)C)c1. The van der Waals surface area contributed by atoms with Gasteiger partial charge in [0.05, 0.1) is 0 Å². The van der Waals surface area contributed by atoms with E-state index in [0.717, 1.165) is 19.3 Å². The summed E-state index contributed by atoms with van der Waals surface area (Å²) in [7, 11) is 0. The van der Waals surface area contributed by atoms with Gasteiger partial charge in [0.1, 0.15) is 0 Å². The minimum atomic E-state index is 0.591. The van der Waals surface area contributed by atoms with Crippen molar-refractivity contribution < 1.29 is 0 Å².